The van der Waals surface area contributed by atoms with Crippen LogP contribution in [-0.4, -0.2) is 55.5 Å². The lowest BCUT2D eigenvalue weighted by Crippen LogP contribution is -2.60. The predicted octanol–water partition coefficient (Wildman–Crippen LogP) is 7.08. The number of phenolic OH excluding ortho intramolecular Hbond substituents is 1. The van der Waals surface area contributed by atoms with Gasteiger partial charge in [0.2, 0.25) is 5.82 Å². The van der Waals surface area contributed by atoms with E-state index in [4.69, 9.17) is 34.8 Å². The summed E-state index contributed by atoms with van der Waals surface area (Å²) in [5.41, 5.74) is -2.96. The molecule has 1 saturated carbocycles. The topological polar surface area (TPSA) is 111 Å². The van der Waals surface area contributed by atoms with Gasteiger partial charge in [-0.3, -0.25) is 24.2 Å². The summed E-state index contributed by atoms with van der Waals surface area (Å²) in [6.07, 6.45) is -4.56. The largest absolute Gasteiger partial charge is 0.508 e. The van der Waals surface area contributed by atoms with Crippen molar-refractivity contribution in [3.05, 3.63) is 92.9 Å². The van der Waals surface area contributed by atoms with E-state index in [9.17, 15) is 50.6 Å². The number of benzene rings is 2. The number of alkyl halides is 5. The Hall–Kier alpha value is -4.48. The molecule has 4 amide bonds. The molecule has 2 aliphatic carbocycles. The maximum absolute atomic E-state index is 15.2. The van der Waals surface area contributed by atoms with Gasteiger partial charge in [0, 0.05) is 13.0 Å². The van der Waals surface area contributed by atoms with E-state index in [2.05, 4.69) is 4.98 Å². The van der Waals surface area contributed by atoms with Crippen LogP contribution in [0.1, 0.15) is 35.6 Å². The molecule has 3 heterocycles. The monoisotopic (exact) mass is 822 g/mol. The van der Waals surface area contributed by atoms with Crippen molar-refractivity contribution in [1.29, 1.82) is 0 Å². The number of hydrazine groups is 1. The van der Waals surface area contributed by atoms with Crippen LogP contribution in [-0.2, 0) is 25.4 Å². The molecule has 3 aromatic rings. The fraction of sp³-hybridized carbons (Fsp3) is 0.324. The van der Waals surface area contributed by atoms with Crippen LogP contribution in [0.3, 0.4) is 0 Å². The summed E-state index contributed by atoms with van der Waals surface area (Å²) in [5.74, 6) is -24.4. The number of imide groups is 2. The summed E-state index contributed by atoms with van der Waals surface area (Å²) in [6.45, 7) is 1.45. The van der Waals surface area contributed by atoms with E-state index in [1.165, 1.54) is 31.2 Å². The number of aromatic hydroxyl groups is 1. The Kier molecular flexibility index (Phi) is 8.59. The van der Waals surface area contributed by atoms with Gasteiger partial charge in [-0.1, -0.05) is 35.4 Å². The number of fused-ring (bicyclic) bond motifs is 4. The van der Waals surface area contributed by atoms with Crippen LogP contribution in [0.5, 0.6) is 5.75 Å². The van der Waals surface area contributed by atoms with Crippen molar-refractivity contribution >= 4 is 69.9 Å². The Morgan fingerprint density at radius 3 is 2.09 bits per heavy atom. The lowest BCUT2D eigenvalue weighted by molar-refractivity contribution is -0.141. The highest BCUT2D eigenvalue weighted by Gasteiger charge is 2.77. The second-order valence-electron chi connectivity index (χ2n) is 13.3. The maximum Gasteiger partial charge on any atom is 0.433 e. The van der Waals surface area contributed by atoms with Gasteiger partial charge < -0.3 is 5.11 Å². The van der Waals surface area contributed by atoms with Crippen LogP contribution >= 0.6 is 34.8 Å². The van der Waals surface area contributed by atoms with Crippen LogP contribution in [0.4, 0.5) is 46.6 Å². The smallest absolute Gasteiger partial charge is 0.433 e. The van der Waals surface area contributed by atoms with E-state index in [1.807, 2.05) is 0 Å². The van der Waals surface area contributed by atoms with E-state index in [1.54, 1.807) is 0 Å². The zero-order valence-electron chi connectivity index (χ0n) is 27.2. The molecule has 284 valence electrons. The van der Waals surface area contributed by atoms with E-state index in [0.29, 0.717) is 11.1 Å². The highest BCUT2D eigenvalue weighted by atomic mass is 35.5. The first-order chi connectivity index (χ1) is 25.1. The fourth-order valence-corrected chi connectivity index (χ4v) is 9.15. The van der Waals surface area contributed by atoms with Gasteiger partial charge in [0.05, 0.1) is 16.9 Å². The molecule has 6 unspecified atom stereocenters. The number of phenols is 1. The number of halogens is 11. The molecule has 1 N–H and O–H groups in total. The van der Waals surface area contributed by atoms with Crippen molar-refractivity contribution in [1.82, 2.24) is 9.99 Å². The van der Waals surface area contributed by atoms with Crippen LogP contribution in [0, 0.1) is 53.8 Å². The number of aromatic nitrogens is 1. The van der Waals surface area contributed by atoms with Crippen molar-refractivity contribution in [2.45, 2.75) is 41.6 Å². The molecular formula is C34H21Cl3F8N4O5. The van der Waals surface area contributed by atoms with Crippen molar-refractivity contribution < 1.29 is 59.4 Å². The number of carbonyl (C=O) groups excluding carboxylic acids is 4. The lowest BCUT2D eigenvalue weighted by atomic mass is 9.56. The molecule has 0 spiro atoms. The Balaban J connectivity index is 1.39. The van der Waals surface area contributed by atoms with E-state index < -0.39 is 116 Å². The van der Waals surface area contributed by atoms with E-state index in [0.717, 1.165) is 18.1 Å². The molecular weight excluding hydrogens is 803 g/mol. The summed E-state index contributed by atoms with van der Waals surface area (Å²) < 4.78 is 114. The first-order valence-corrected chi connectivity index (χ1v) is 16.9. The van der Waals surface area contributed by atoms with Gasteiger partial charge in [-0.15, -0.1) is 23.2 Å². The highest BCUT2D eigenvalue weighted by Crippen LogP contribution is 2.66. The van der Waals surface area contributed by atoms with Gasteiger partial charge in [0.15, 0.2) is 38.8 Å². The molecule has 54 heavy (non-hydrogen) atoms. The summed E-state index contributed by atoms with van der Waals surface area (Å²) in [6, 6.07) is 5.24. The lowest BCUT2D eigenvalue weighted by Gasteiger charge is -2.50. The number of anilines is 2. The Bertz CT molecular complexity index is 2250. The molecule has 9 nitrogen and oxygen atoms in total. The highest BCUT2D eigenvalue weighted by molar-refractivity contribution is 6.58. The van der Waals surface area contributed by atoms with E-state index in [-0.39, 0.29) is 38.8 Å². The molecule has 7 rings (SSSR count). The van der Waals surface area contributed by atoms with Gasteiger partial charge in [-0.2, -0.15) is 18.2 Å². The third-order valence-corrected chi connectivity index (χ3v) is 12.2. The molecule has 0 radical (unpaired) electrons. The molecule has 2 saturated heterocycles. The number of allylic oxidation sites excluding steroid dienone is 2. The third-order valence-electron chi connectivity index (χ3n) is 10.5. The van der Waals surface area contributed by atoms with Gasteiger partial charge >= 0.3 is 6.18 Å². The molecule has 4 aliphatic rings. The Labute approximate surface area is 313 Å². The molecule has 20 heteroatoms. The molecule has 2 aliphatic heterocycles. The molecule has 3 fully saturated rings. The average Bonchev–Trinajstić information content (AvgIpc) is 3.45. The van der Waals surface area contributed by atoms with Gasteiger partial charge in [0.25, 0.3) is 23.6 Å². The van der Waals surface area contributed by atoms with Gasteiger partial charge in [-0.05, 0) is 55.0 Å². The predicted molar refractivity (Wildman–Crippen MR) is 174 cm³/mol. The van der Waals surface area contributed by atoms with Gasteiger partial charge in [0.1, 0.15) is 17.1 Å². The van der Waals surface area contributed by atoms with Gasteiger partial charge in [-0.25, -0.2) is 31.8 Å². The maximum atomic E-state index is 15.2. The molecule has 0 bridgehead atoms. The van der Waals surface area contributed by atoms with E-state index >= 15 is 8.78 Å². The first kappa shape index (κ1) is 37.8. The third kappa shape index (κ3) is 4.92. The number of amides is 4. The minimum Gasteiger partial charge on any atom is -0.508 e. The van der Waals surface area contributed by atoms with Crippen LogP contribution in [0.2, 0.25) is 5.02 Å². The number of aryl methyl sites for hydroxylation is 1. The number of pyridine rings is 1. The Morgan fingerprint density at radius 1 is 0.889 bits per heavy atom. The summed E-state index contributed by atoms with van der Waals surface area (Å²) >= 11 is 20.3. The number of rotatable bonds is 4. The Morgan fingerprint density at radius 2 is 1.50 bits per heavy atom. The number of hydrogen-bond acceptors (Lipinski definition) is 7. The second kappa shape index (κ2) is 12.3. The molecule has 6 atom stereocenters. The zero-order chi connectivity index (χ0) is 39.7. The fourth-order valence-electron chi connectivity index (χ4n) is 7.99. The van der Waals surface area contributed by atoms with Crippen molar-refractivity contribution in [3.63, 3.8) is 0 Å². The normalized spacial score (nSPS) is 28.0. The number of nitrogens with zero attached hydrogens (tertiary/aromatic N) is 4. The number of carbonyl (C=O) groups is 4. The minimum absolute atomic E-state index is 0.0610. The average molecular weight is 824 g/mol. The number of hydrogen-bond donors (Lipinski definition) is 1. The van der Waals surface area contributed by atoms with Crippen LogP contribution in [0.15, 0.2) is 42.0 Å². The first-order valence-electron chi connectivity index (χ1n) is 15.7. The quantitative estimate of drug-likeness (QED) is 0.0749. The van der Waals surface area contributed by atoms with Crippen LogP contribution < -0.4 is 9.91 Å². The zero-order valence-corrected chi connectivity index (χ0v) is 29.5. The summed E-state index contributed by atoms with van der Waals surface area (Å²) in [7, 11) is 1.06. The second-order valence-corrected chi connectivity index (χ2v) is 14.9. The SMILES string of the molecule is Cc1cc(C2C3=CCC4C(=O)N(N(C)c5nc(C(F)(F)F)ccc5Cl)C(=O)C4C3CC3(Cl)C(=O)N(c4c(F)c(F)c(F)c(F)c4F)C(=O)C23Cl)ccc1O. The molecule has 1 aromatic heterocycles. The summed E-state index contributed by atoms with van der Waals surface area (Å²) in [4.78, 5) is 54.4. The van der Waals surface area contributed by atoms with Crippen molar-refractivity contribution in [2.24, 2.45) is 17.8 Å². The minimum atomic E-state index is -4.94. The van der Waals surface area contributed by atoms with Crippen molar-refractivity contribution in [3.8, 4) is 5.75 Å². The summed E-state index contributed by atoms with van der Waals surface area (Å²) in [5, 5.41) is 11.2. The van der Waals surface area contributed by atoms with Crippen LogP contribution in [0.25, 0.3) is 0 Å². The molecule has 2 aromatic carbocycles. The standard InChI is InChI=1S/C34H21Cl3F8N4O5/c1-11-9-12(3-7-17(11)50)20-13-4-5-14-19(29(52)49(28(14)51)47(2)27-16(35)6-8-18(46-27)34(43,44)45)15(13)10-32(36)30(53)48(31(54)33(20,32)37)26-24(41)22(39)21(38)23(40)25(26)42/h3-4,6-9,14-15,19-20,50H,5,10H2,1-2H3. The van der Waals surface area contributed by atoms with Crippen molar-refractivity contribution in [2.75, 3.05) is 17.0 Å².